The predicted molar refractivity (Wildman–Crippen MR) is 88.4 cm³/mol. The maximum Gasteiger partial charge on any atom is 0.188 e. The fourth-order valence-electron chi connectivity index (χ4n) is 2.07. The van der Waals surface area contributed by atoms with E-state index in [9.17, 15) is 0 Å². The van der Waals surface area contributed by atoms with Crippen LogP contribution in [0.25, 0.3) is 10.2 Å². The normalized spacial score (nSPS) is 10.8. The molecule has 3 rings (SSSR count). The van der Waals surface area contributed by atoms with Crippen molar-refractivity contribution in [2.75, 3.05) is 24.3 Å². The van der Waals surface area contributed by atoms with Crippen LogP contribution in [-0.4, -0.2) is 19.1 Å². The second kappa shape index (κ2) is 5.13. The maximum atomic E-state index is 4.62. The van der Waals surface area contributed by atoms with Crippen LogP contribution < -0.4 is 10.2 Å². The Balaban J connectivity index is 1.90. The Hall–Kier alpha value is -2.07. The SMILES string of the molecule is Cc1ccc2nc(Nc3cccc(N(C)C)c3)sc2c1. The summed E-state index contributed by atoms with van der Waals surface area (Å²) in [5, 5.41) is 4.32. The zero-order valence-electron chi connectivity index (χ0n) is 11.8. The van der Waals surface area contributed by atoms with Crippen LogP contribution in [0.4, 0.5) is 16.5 Å². The van der Waals surface area contributed by atoms with Crippen LogP contribution in [0.1, 0.15) is 5.56 Å². The van der Waals surface area contributed by atoms with Crippen molar-refractivity contribution in [2.24, 2.45) is 0 Å². The van der Waals surface area contributed by atoms with E-state index >= 15 is 0 Å². The molecule has 4 heteroatoms. The zero-order chi connectivity index (χ0) is 14.1. The van der Waals surface area contributed by atoms with E-state index in [1.807, 2.05) is 14.1 Å². The lowest BCUT2D eigenvalue weighted by Crippen LogP contribution is -2.08. The van der Waals surface area contributed by atoms with Gasteiger partial charge in [-0.15, -0.1) is 0 Å². The summed E-state index contributed by atoms with van der Waals surface area (Å²) in [5.41, 5.74) is 4.55. The summed E-state index contributed by atoms with van der Waals surface area (Å²) in [6.45, 7) is 2.10. The molecule has 20 heavy (non-hydrogen) atoms. The number of thiazole rings is 1. The third-order valence-corrected chi connectivity index (χ3v) is 4.09. The van der Waals surface area contributed by atoms with E-state index in [1.54, 1.807) is 11.3 Å². The molecular weight excluding hydrogens is 266 g/mol. The minimum absolute atomic E-state index is 0.932. The van der Waals surface area contributed by atoms with Crippen molar-refractivity contribution in [3.8, 4) is 0 Å². The number of hydrogen-bond donors (Lipinski definition) is 1. The van der Waals surface area contributed by atoms with Crippen molar-refractivity contribution in [2.45, 2.75) is 6.92 Å². The van der Waals surface area contributed by atoms with Gasteiger partial charge in [-0.3, -0.25) is 0 Å². The Morgan fingerprint density at radius 3 is 2.75 bits per heavy atom. The van der Waals surface area contributed by atoms with Crippen molar-refractivity contribution in [1.82, 2.24) is 4.98 Å². The molecule has 3 aromatic rings. The maximum absolute atomic E-state index is 4.62. The van der Waals surface area contributed by atoms with Gasteiger partial charge in [-0.2, -0.15) is 0 Å². The van der Waals surface area contributed by atoms with E-state index in [2.05, 4.69) is 64.6 Å². The second-order valence-corrected chi connectivity index (χ2v) is 6.09. The number of hydrogen-bond acceptors (Lipinski definition) is 4. The number of aryl methyl sites for hydroxylation is 1. The molecule has 0 aliphatic carbocycles. The van der Waals surface area contributed by atoms with Gasteiger partial charge in [0.25, 0.3) is 0 Å². The lowest BCUT2D eigenvalue weighted by atomic mass is 10.2. The van der Waals surface area contributed by atoms with Crippen LogP contribution in [0.3, 0.4) is 0 Å². The molecule has 0 aliphatic rings. The van der Waals surface area contributed by atoms with Crippen LogP contribution in [0.5, 0.6) is 0 Å². The highest BCUT2D eigenvalue weighted by molar-refractivity contribution is 7.22. The molecule has 0 bridgehead atoms. The van der Waals surface area contributed by atoms with Gasteiger partial charge in [0.05, 0.1) is 10.2 Å². The average Bonchev–Trinajstić information content (AvgIpc) is 2.80. The van der Waals surface area contributed by atoms with Crippen molar-refractivity contribution < 1.29 is 0 Å². The van der Waals surface area contributed by atoms with Crippen LogP contribution in [0.2, 0.25) is 0 Å². The molecule has 3 nitrogen and oxygen atoms in total. The molecule has 0 atom stereocenters. The number of fused-ring (bicyclic) bond motifs is 1. The highest BCUT2D eigenvalue weighted by Gasteiger charge is 2.05. The number of nitrogens with one attached hydrogen (secondary N) is 1. The Morgan fingerprint density at radius 2 is 1.95 bits per heavy atom. The lowest BCUT2D eigenvalue weighted by Gasteiger charge is -2.13. The average molecular weight is 283 g/mol. The second-order valence-electron chi connectivity index (χ2n) is 5.06. The summed E-state index contributed by atoms with van der Waals surface area (Å²) in [7, 11) is 4.08. The zero-order valence-corrected chi connectivity index (χ0v) is 12.7. The monoisotopic (exact) mass is 283 g/mol. The van der Waals surface area contributed by atoms with E-state index in [-0.39, 0.29) is 0 Å². The summed E-state index contributed by atoms with van der Waals surface area (Å²) in [5.74, 6) is 0. The van der Waals surface area contributed by atoms with Gasteiger partial charge in [0.15, 0.2) is 5.13 Å². The number of aromatic nitrogens is 1. The first-order valence-corrected chi connectivity index (χ1v) is 7.35. The number of nitrogens with zero attached hydrogens (tertiary/aromatic N) is 2. The Bertz CT molecular complexity index is 746. The van der Waals surface area contributed by atoms with Gasteiger partial charge in [0.2, 0.25) is 0 Å². The molecule has 1 aromatic heterocycles. The summed E-state index contributed by atoms with van der Waals surface area (Å²) >= 11 is 1.68. The van der Waals surface area contributed by atoms with Gasteiger partial charge >= 0.3 is 0 Å². The molecule has 0 saturated carbocycles. The van der Waals surface area contributed by atoms with E-state index in [1.165, 1.54) is 16.0 Å². The van der Waals surface area contributed by atoms with Crippen molar-refractivity contribution in [1.29, 1.82) is 0 Å². The fraction of sp³-hybridized carbons (Fsp3) is 0.188. The summed E-state index contributed by atoms with van der Waals surface area (Å²) < 4.78 is 1.22. The largest absolute Gasteiger partial charge is 0.378 e. The first kappa shape index (κ1) is 12.9. The smallest absolute Gasteiger partial charge is 0.188 e. The molecule has 0 radical (unpaired) electrons. The predicted octanol–water partition coefficient (Wildman–Crippen LogP) is 4.41. The molecule has 2 aromatic carbocycles. The van der Waals surface area contributed by atoms with Gasteiger partial charge < -0.3 is 10.2 Å². The molecule has 1 heterocycles. The fourth-order valence-corrected chi connectivity index (χ4v) is 3.05. The van der Waals surface area contributed by atoms with Crippen LogP contribution in [0.15, 0.2) is 42.5 Å². The van der Waals surface area contributed by atoms with Crippen LogP contribution in [0, 0.1) is 6.92 Å². The first-order chi connectivity index (χ1) is 9.61. The van der Waals surface area contributed by atoms with Gasteiger partial charge in [-0.05, 0) is 42.8 Å². The summed E-state index contributed by atoms with van der Waals surface area (Å²) in [6, 6.07) is 14.7. The van der Waals surface area contributed by atoms with E-state index in [4.69, 9.17) is 0 Å². The first-order valence-electron chi connectivity index (χ1n) is 6.53. The van der Waals surface area contributed by atoms with Gasteiger partial charge in [0.1, 0.15) is 0 Å². The highest BCUT2D eigenvalue weighted by Crippen LogP contribution is 2.29. The third kappa shape index (κ3) is 2.60. The Kier molecular flexibility index (Phi) is 3.32. The molecule has 102 valence electrons. The number of benzene rings is 2. The molecular formula is C16H17N3S. The van der Waals surface area contributed by atoms with E-state index in [0.717, 1.165) is 16.3 Å². The molecule has 0 spiro atoms. The quantitative estimate of drug-likeness (QED) is 0.771. The topological polar surface area (TPSA) is 28.2 Å². The number of rotatable bonds is 3. The van der Waals surface area contributed by atoms with Gasteiger partial charge in [-0.25, -0.2) is 4.98 Å². The molecule has 0 unspecified atom stereocenters. The van der Waals surface area contributed by atoms with Crippen molar-refractivity contribution in [3.05, 3.63) is 48.0 Å². The lowest BCUT2D eigenvalue weighted by molar-refractivity contribution is 1.13. The minimum Gasteiger partial charge on any atom is -0.378 e. The Morgan fingerprint density at radius 1 is 1.10 bits per heavy atom. The van der Waals surface area contributed by atoms with Gasteiger partial charge in [0, 0.05) is 25.5 Å². The summed E-state index contributed by atoms with van der Waals surface area (Å²) in [4.78, 5) is 6.71. The molecule has 0 fully saturated rings. The van der Waals surface area contributed by atoms with Crippen LogP contribution >= 0.6 is 11.3 Å². The molecule has 0 aliphatic heterocycles. The number of anilines is 3. The molecule has 0 saturated heterocycles. The summed E-state index contributed by atoms with van der Waals surface area (Å²) in [6.07, 6.45) is 0. The molecule has 0 amide bonds. The van der Waals surface area contributed by atoms with Crippen molar-refractivity contribution in [3.63, 3.8) is 0 Å². The Labute approximate surface area is 122 Å². The van der Waals surface area contributed by atoms with Crippen LogP contribution in [-0.2, 0) is 0 Å². The third-order valence-electron chi connectivity index (χ3n) is 3.16. The highest BCUT2D eigenvalue weighted by atomic mass is 32.1. The minimum atomic E-state index is 0.932. The standard InChI is InChI=1S/C16H17N3S/c1-11-7-8-14-15(9-11)20-16(18-14)17-12-5-4-6-13(10-12)19(2)3/h4-10H,1-3H3,(H,17,18). The van der Waals surface area contributed by atoms with Gasteiger partial charge in [-0.1, -0.05) is 23.5 Å². The van der Waals surface area contributed by atoms with E-state index in [0.29, 0.717) is 0 Å². The van der Waals surface area contributed by atoms with Crippen molar-refractivity contribution >= 4 is 38.1 Å². The van der Waals surface area contributed by atoms with E-state index < -0.39 is 0 Å². The molecule has 1 N–H and O–H groups in total.